The van der Waals surface area contributed by atoms with Crippen molar-refractivity contribution in [1.82, 2.24) is 5.32 Å². The minimum Gasteiger partial charge on any atom is -0.496 e. The third-order valence-electron chi connectivity index (χ3n) is 4.08. The van der Waals surface area contributed by atoms with Crippen LogP contribution in [0.4, 0.5) is 0 Å². The maximum Gasteiger partial charge on any atom is 0.157 e. The van der Waals surface area contributed by atoms with Gasteiger partial charge in [0.15, 0.2) is 5.17 Å². The minimum absolute atomic E-state index is 0.565. The van der Waals surface area contributed by atoms with Crippen molar-refractivity contribution >= 4 is 28.5 Å². The minimum atomic E-state index is 0.565. The standard InChI is InChI=1S/C15H19ClN2OS/c1-19-14-7-3-5-12(16)11(14)8-17-15-18-13-6-2-4-10(13)9-20-15/h3,5,7,10,13H,2,4,6,8-9H2,1H3,(H,17,18). The van der Waals surface area contributed by atoms with Crippen molar-refractivity contribution in [2.75, 3.05) is 12.9 Å². The fourth-order valence-corrected chi connectivity index (χ4v) is 4.33. The number of hydrogen-bond donors (Lipinski definition) is 1. The Kier molecular flexibility index (Phi) is 4.41. The van der Waals surface area contributed by atoms with Gasteiger partial charge >= 0.3 is 0 Å². The molecule has 0 aromatic heterocycles. The Morgan fingerprint density at radius 2 is 2.35 bits per heavy atom. The van der Waals surface area contributed by atoms with Crippen molar-refractivity contribution in [3.63, 3.8) is 0 Å². The molecule has 1 saturated heterocycles. The maximum absolute atomic E-state index is 6.24. The van der Waals surface area contributed by atoms with Gasteiger partial charge in [0.2, 0.25) is 0 Å². The van der Waals surface area contributed by atoms with E-state index in [4.69, 9.17) is 16.3 Å². The van der Waals surface area contributed by atoms with Gasteiger partial charge in [0.1, 0.15) is 5.75 Å². The molecule has 108 valence electrons. The molecule has 3 rings (SSSR count). The molecule has 2 fully saturated rings. The van der Waals surface area contributed by atoms with Gasteiger partial charge in [0, 0.05) is 22.4 Å². The molecule has 0 spiro atoms. The van der Waals surface area contributed by atoms with Crippen LogP contribution in [0.5, 0.6) is 5.75 Å². The lowest BCUT2D eigenvalue weighted by atomic mass is 10.1. The smallest absolute Gasteiger partial charge is 0.157 e. The molecular weight excluding hydrogens is 292 g/mol. The van der Waals surface area contributed by atoms with Gasteiger partial charge in [0.25, 0.3) is 0 Å². The first kappa shape index (κ1) is 14.1. The van der Waals surface area contributed by atoms with E-state index in [2.05, 4.69) is 10.3 Å². The highest BCUT2D eigenvalue weighted by atomic mass is 35.5. The van der Waals surface area contributed by atoms with E-state index in [0.717, 1.165) is 22.4 Å². The van der Waals surface area contributed by atoms with E-state index in [-0.39, 0.29) is 0 Å². The highest BCUT2D eigenvalue weighted by molar-refractivity contribution is 8.13. The Morgan fingerprint density at radius 1 is 1.45 bits per heavy atom. The molecule has 2 aliphatic rings. The van der Waals surface area contributed by atoms with Crippen LogP contribution in [0.2, 0.25) is 5.02 Å². The summed E-state index contributed by atoms with van der Waals surface area (Å²) in [4.78, 5) is 4.69. The van der Waals surface area contributed by atoms with E-state index in [9.17, 15) is 0 Å². The molecule has 0 radical (unpaired) electrons. The molecule has 2 unspecified atom stereocenters. The molecule has 20 heavy (non-hydrogen) atoms. The number of benzene rings is 1. The Morgan fingerprint density at radius 3 is 3.20 bits per heavy atom. The number of halogens is 1. The Balaban J connectivity index is 1.71. The van der Waals surface area contributed by atoms with E-state index in [1.54, 1.807) is 7.11 Å². The lowest BCUT2D eigenvalue weighted by Gasteiger charge is -2.28. The van der Waals surface area contributed by atoms with Crippen LogP contribution in [0.1, 0.15) is 24.8 Å². The van der Waals surface area contributed by atoms with Crippen LogP contribution >= 0.6 is 23.4 Å². The Hall–Kier alpha value is -0.870. The third-order valence-corrected chi connectivity index (χ3v) is 5.55. The number of thioether (sulfide) groups is 1. The van der Waals surface area contributed by atoms with E-state index in [0.29, 0.717) is 17.6 Å². The summed E-state index contributed by atoms with van der Waals surface area (Å²) in [6.07, 6.45) is 3.98. The van der Waals surface area contributed by atoms with Crippen LogP contribution in [0.25, 0.3) is 0 Å². The molecule has 5 heteroatoms. The van der Waals surface area contributed by atoms with Crippen LogP contribution in [0.3, 0.4) is 0 Å². The fraction of sp³-hybridized carbons (Fsp3) is 0.533. The molecule has 1 aromatic rings. The summed E-state index contributed by atoms with van der Waals surface area (Å²) in [7, 11) is 1.67. The number of ether oxygens (including phenoxy) is 1. The molecule has 1 heterocycles. The van der Waals surface area contributed by atoms with Crippen molar-refractivity contribution in [3.05, 3.63) is 28.8 Å². The fourth-order valence-electron chi connectivity index (χ4n) is 2.94. The Bertz CT molecular complexity index is 521. The summed E-state index contributed by atoms with van der Waals surface area (Å²) in [5, 5.41) is 5.34. The van der Waals surface area contributed by atoms with Gasteiger partial charge < -0.3 is 10.1 Å². The number of aliphatic imine (C=N–C) groups is 1. The van der Waals surface area contributed by atoms with Gasteiger partial charge in [-0.3, -0.25) is 4.99 Å². The normalized spacial score (nSPS) is 27.2. The van der Waals surface area contributed by atoms with Crippen LogP contribution in [-0.4, -0.2) is 24.1 Å². The van der Waals surface area contributed by atoms with E-state index in [1.165, 1.54) is 25.0 Å². The molecule has 0 bridgehead atoms. The Labute approximate surface area is 129 Å². The maximum atomic E-state index is 6.24. The first-order valence-corrected chi connectivity index (χ1v) is 8.39. The van der Waals surface area contributed by atoms with Gasteiger partial charge in [-0.2, -0.15) is 0 Å². The molecule has 1 aliphatic carbocycles. The lowest BCUT2D eigenvalue weighted by molar-refractivity contribution is 0.410. The number of nitrogens with one attached hydrogen (secondary N) is 1. The zero-order valence-electron chi connectivity index (χ0n) is 11.6. The molecule has 1 aromatic carbocycles. The van der Waals surface area contributed by atoms with Crippen LogP contribution in [0.15, 0.2) is 23.2 Å². The number of rotatable bonds is 3. The molecule has 1 N–H and O–H groups in total. The largest absolute Gasteiger partial charge is 0.496 e. The van der Waals surface area contributed by atoms with Crippen LogP contribution < -0.4 is 10.1 Å². The second kappa shape index (κ2) is 6.27. The summed E-state index contributed by atoms with van der Waals surface area (Å²) in [5.74, 6) is 2.83. The topological polar surface area (TPSA) is 33.6 Å². The van der Waals surface area contributed by atoms with E-state index < -0.39 is 0 Å². The van der Waals surface area contributed by atoms with Crippen molar-refractivity contribution < 1.29 is 4.74 Å². The zero-order valence-corrected chi connectivity index (χ0v) is 13.1. The van der Waals surface area contributed by atoms with Gasteiger partial charge in [-0.15, -0.1) is 0 Å². The number of nitrogens with zero attached hydrogens (tertiary/aromatic N) is 1. The summed E-state index contributed by atoms with van der Waals surface area (Å²) in [6.45, 7) is 0.565. The molecule has 3 nitrogen and oxygen atoms in total. The first-order chi connectivity index (χ1) is 9.78. The van der Waals surface area contributed by atoms with Crippen molar-refractivity contribution in [2.45, 2.75) is 31.8 Å². The highest BCUT2D eigenvalue weighted by Crippen LogP contribution is 2.33. The molecule has 1 saturated carbocycles. The molecule has 0 amide bonds. The highest BCUT2D eigenvalue weighted by Gasteiger charge is 2.31. The van der Waals surface area contributed by atoms with Crippen molar-refractivity contribution in [3.8, 4) is 5.75 Å². The van der Waals surface area contributed by atoms with Crippen molar-refractivity contribution in [2.24, 2.45) is 10.9 Å². The predicted molar refractivity (Wildman–Crippen MR) is 85.9 cm³/mol. The van der Waals surface area contributed by atoms with Crippen LogP contribution in [0, 0.1) is 5.92 Å². The summed E-state index contributed by atoms with van der Waals surface area (Å²) >= 11 is 8.07. The molecule has 1 aliphatic heterocycles. The van der Waals surface area contributed by atoms with Gasteiger partial charge in [-0.25, -0.2) is 0 Å². The summed E-state index contributed by atoms with van der Waals surface area (Å²) in [6, 6.07) is 6.33. The second-order valence-corrected chi connectivity index (χ2v) is 6.71. The molecule has 2 atom stereocenters. The average Bonchev–Trinajstić information content (AvgIpc) is 2.93. The van der Waals surface area contributed by atoms with Gasteiger partial charge in [-0.05, 0) is 30.9 Å². The van der Waals surface area contributed by atoms with E-state index in [1.807, 2.05) is 30.0 Å². The number of amidine groups is 1. The second-order valence-electron chi connectivity index (χ2n) is 5.29. The lowest BCUT2D eigenvalue weighted by Crippen LogP contribution is -2.41. The third kappa shape index (κ3) is 2.91. The zero-order chi connectivity index (χ0) is 13.9. The average molecular weight is 311 g/mol. The monoisotopic (exact) mass is 310 g/mol. The SMILES string of the molecule is COc1cccc(Cl)c1CN=C1NC2CCCC2CS1. The number of methoxy groups -OCH3 is 1. The number of fused-ring (bicyclic) bond motifs is 1. The predicted octanol–water partition coefficient (Wildman–Crippen LogP) is 3.71. The first-order valence-electron chi connectivity index (χ1n) is 7.03. The summed E-state index contributed by atoms with van der Waals surface area (Å²) in [5.41, 5.74) is 0.958. The van der Waals surface area contributed by atoms with Crippen LogP contribution in [-0.2, 0) is 6.54 Å². The van der Waals surface area contributed by atoms with E-state index >= 15 is 0 Å². The van der Waals surface area contributed by atoms with Gasteiger partial charge in [-0.1, -0.05) is 35.9 Å². The van der Waals surface area contributed by atoms with Gasteiger partial charge in [0.05, 0.1) is 13.7 Å². The quantitative estimate of drug-likeness (QED) is 0.924. The van der Waals surface area contributed by atoms with Crippen molar-refractivity contribution in [1.29, 1.82) is 0 Å². The molecular formula is C15H19ClN2OS. The number of hydrogen-bond acceptors (Lipinski definition) is 3. The summed E-state index contributed by atoms with van der Waals surface area (Å²) < 4.78 is 5.35.